The molecule has 1 unspecified atom stereocenters. The van der Waals surface area contributed by atoms with E-state index in [1.165, 1.54) is 6.07 Å². The molecule has 0 saturated carbocycles. The lowest BCUT2D eigenvalue weighted by Crippen LogP contribution is -2.17. The molecule has 3 rings (SSSR count). The summed E-state index contributed by atoms with van der Waals surface area (Å²) in [5.74, 6) is -0.405. The molecule has 0 saturated heterocycles. The van der Waals surface area contributed by atoms with Crippen molar-refractivity contribution in [3.05, 3.63) is 76.7 Å². The molecule has 106 valence electrons. The third kappa shape index (κ3) is 2.75. The maximum atomic E-state index is 13.3. The highest BCUT2D eigenvalue weighted by molar-refractivity contribution is 6.30. The number of hydrogen-bond acceptors (Lipinski definition) is 2. The molecule has 0 aliphatic heterocycles. The van der Waals surface area contributed by atoms with Gasteiger partial charge >= 0.3 is 0 Å². The SMILES string of the molecule is CNC(c1ccc(F)c(Cl)c1)c1ccc2ncccc2c1. The third-order valence-electron chi connectivity index (χ3n) is 3.53. The number of nitrogens with zero attached hydrogens (tertiary/aromatic N) is 1. The van der Waals surface area contributed by atoms with E-state index in [4.69, 9.17) is 11.6 Å². The fraction of sp³-hybridized carbons (Fsp3) is 0.118. The molecule has 0 aliphatic rings. The Labute approximate surface area is 127 Å². The molecule has 1 atom stereocenters. The van der Waals surface area contributed by atoms with E-state index in [0.717, 1.165) is 22.0 Å². The molecular weight excluding hydrogens is 287 g/mol. The molecule has 2 nitrogen and oxygen atoms in total. The first-order valence-electron chi connectivity index (χ1n) is 6.66. The lowest BCUT2D eigenvalue weighted by molar-refractivity contribution is 0.624. The van der Waals surface area contributed by atoms with Gasteiger partial charge in [0.1, 0.15) is 5.82 Å². The standard InChI is InChI=1S/C17H14ClFN2/c1-20-17(13-4-6-15(19)14(18)10-13)12-5-7-16-11(9-12)3-2-8-21-16/h2-10,17,20H,1H3. The van der Waals surface area contributed by atoms with E-state index in [9.17, 15) is 4.39 Å². The minimum atomic E-state index is -0.405. The fourth-order valence-corrected chi connectivity index (χ4v) is 2.68. The molecule has 0 aliphatic carbocycles. The Morgan fingerprint density at radius 3 is 2.62 bits per heavy atom. The zero-order valence-corrected chi connectivity index (χ0v) is 12.2. The normalized spacial score (nSPS) is 12.5. The fourth-order valence-electron chi connectivity index (χ4n) is 2.49. The zero-order valence-electron chi connectivity index (χ0n) is 11.5. The van der Waals surface area contributed by atoms with Gasteiger partial charge in [0, 0.05) is 11.6 Å². The van der Waals surface area contributed by atoms with Gasteiger partial charge in [0.2, 0.25) is 0 Å². The Morgan fingerprint density at radius 1 is 1.10 bits per heavy atom. The molecule has 0 amide bonds. The van der Waals surface area contributed by atoms with Crippen LogP contribution in [-0.4, -0.2) is 12.0 Å². The van der Waals surface area contributed by atoms with Crippen molar-refractivity contribution < 1.29 is 4.39 Å². The molecule has 1 N–H and O–H groups in total. The van der Waals surface area contributed by atoms with E-state index in [2.05, 4.69) is 16.4 Å². The second-order valence-electron chi connectivity index (χ2n) is 4.85. The van der Waals surface area contributed by atoms with Gasteiger partial charge in [0.25, 0.3) is 0 Å². The number of halogens is 2. The van der Waals surface area contributed by atoms with Crippen molar-refractivity contribution in [2.45, 2.75) is 6.04 Å². The summed E-state index contributed by atoms with van der Waals surface area (Å²) >= 11 is 5.88. The maximum Gasteiger partial charge on any atom is 0.141 e. The molecule has 0 fully saturated rings. The largest absolute Gasteiger partial charge is 0.309 e. The van der Waals surface area contributed by atoms with Gasteiger partial charge in [-0.1, -0.05) is 29.8 Å². The highest BCUT2D eigenvalue weighted by atomic mass is 35.5. The van der Waals surface area contributed by atoms with Crippen LogP contribution in [0.15, 0.2) is 54.7 Å². The van der Waals surface area contributed by atoms with Crippen molar-refractivity contribution >= 4 is 22.5 Å². The quantitative estimate of drug-likeness (QED) is 0.778. The minimum absolute atomic E-state index is 0.0484. The van der Waals surface area contributed by atoms with E-state index >= 15 is 0 Å². The van der Waals surface area contributed by atoms with Crippen LogP contribution in [-0.2, 0) is 0 Å². The van der Waals surface area contributed by atoms with E-state index in [1.54, 1.807) is 18.3 Å². The minimum Gasteiger partial charge on any atom is -0.309 e. The van der Waals surface area contributed by atoms with E-state index in [-0.39, 0.29) is 11.1 Å². The van der Waals surface area contributed by atoms with Crippen molar-refractivity contribution in [3.8, 4) is 0 Å². The second kappa shape index (κ2) is 5.80. The number of nitrogens with one attached hydrogen (secondary N) is 1. The van der Waals surface area contributed by atoms with Crippen molar-refractivity contribution in [2.75, 3.05) is 7.05 Å². The van der Waals surface area contributed by atoms with Crippen LogP contribution in [0.5, 0.6) is 0 Å². The molecule has 4 heteroatoms. The number of rotatable bonds is 3. The molecule has 21 heavy (non-hydrogen) atoms. The highest BCUT2D eigenvalue weighted by Gasteiger charge is 2.14. The number of aromatic nitrogens is 1. The first kappa shape index (κ1) is 14.0. The number of benzene rings is 2. The molecular formula is C17H14ClFN2. The average Bonchev–Trinajstić information content (AvgIpc) is 2.51. The summed E-state index contributed by atoms with van der Waals surface area (Å²) in [5, 5.41) is 4.45. The molecule has 0 radical (unpaired) electrons. The number of pyridine rings is 1. The van der Waals surface area contributed by atoms with Crippen LogP contribution in [0.25, 0.3) is 10.9 Å². The van der Waals surface area contributed by atoms with Crippen LogP contribution in [0.1, 0.15) is 17.2 Å². The van der Waals surface area contributed by atoms with Crippen molar-refractivity contribution in [1.82, 2.24) is 10.3 Å². The Hall–Kier alpha value is -1.97. The average molecular weight is 301 g/mol. The Bertz CT molecular complexity index is 789. The second-order valence-corrected chi connectivity index (χ2v) is 5.26. The molecule has 1 heterocycles. The molecule has 2 aromatic carbocycles. The van der Waals surface area contributed by atoms with Crippen molar-refractivity contribution in [3.63, 3.8) is 0 Å². The summed E-state index contributed by atoms with van der Waals surface area (Å²) < 4.78 is 13.3. The molecule has 3 aromatic rings. The van der Waals surface area contributed by atoms with E-state index in [0.29, 0.717) is 0 Å². The first-order valence-corrected chi connectivity index (χ1v) is 7.04. The van der Waals surface area contributed by atoms with Gasteiger partial charge < -0.3 is 5.32 Å². The number of fused-ring (bicyclic) bond motifs is 1. The van der Waals surface area contributed by atoms with Crippen LogP contribution in [0, 0.1) is 5.82 Å². The lowest BCUT2D eigenvalue weighted by atomic mass is 9.97. The zero-order chi connectivity index (χ0) is 14.8. The van der Waals surface area contributed by atoms with Gasteiger partial charge in [0.05, 0.1) is 16.6 Å². The van der Waals surface area contributed by atoms with Crippen LogP contribution < -0.4 is 5.32 Å². The Kier molecular flexibility index (Phi) is 3.86. The Morgan fingerprint density at radius 2 is 1.86 bits per heavy atom. The van der Waals surface area contributed by atoms with Crippen LogP contribution in [0.4, 0.5) is 4.39 Å². The summed E-state index contributed by atoms with van der Waals surface area (Å²) in [5.41, 5.74) is 2.96. The molecule has 0 bridgehead atoms. The maximum absolute atomic E-state index is 13.3. The summed E-state index contributed by atoms with van der Waals surface area (Å²) in [7, 11) is 1.87. The van der Waals surface area contributed by atoms with Gasteiger partial charge in [-0.3, -0.25) is 4.98 Å². The van der Waals surface area contributed by atoms with Gasteiger partial charge in [-0.25, -0.2) is 4.39 Å². The predicted octanol–water partition coefficient (Wildman–Crippen LogP) is 4.34. The van der Waals surface area contributed by atoms with Crippen molar-refractivity contribution in [1.29, 1.82) is 0 Å². The van der Waals surface area contributed by atoms with Crippen LogP contribution >= 0.6 is 11.6 Å². The third-order valence-corrected chi connectivity index (χ3v) is 3.82. The summed E-state index contributed by atoms with van der Waals surface area (Å²) in [6.07, 6.45) is 1.78. The van der Waals surface area contributed by atoms with Crippen LogP contribution in [0.2, 0.25) is 5.02 Å². The lowest BCUT2D eigenvalue weighted by Gasteiger charge is -2.18. The van der Waals surface area contributed by atoms with Gasteiger partial charge in [-0.15, -0.1) is 0 Å². The summed E-state index contributed by atoms with van der Waals surface area (Å²) in [6, 6.07) is 14.8. The van der Waals surface area contributed by atoms with E-state index in [1.807, 2.05) is 31.3 Å². The predicted molar refractivity (Wildman–Crippen MR) is 84.1 cm³/mol. The first-order chi connectivity index (χ1) is 10.2. The van der Waals surface area contributed by atoms with Crippen molar-refractivity contribution in [2.24, 2.45) is 0 Å². The van der Waals surface area contributed by atoms with E-state index < -0.39 is 5.82 Å². The summed E-state index contributed by atoms with van der Waals surface area (Å²) in [6.45, 7) is 0. The molecule has 0 spiro atoms. The van der Waals surface area contributed by atoms with Gasteiger partial charge in [-0.05, 0) is 48.5 Å². The Balaban J connectivity index is 2.06. The molecule has 1 aromatic heterocycles. The van der Waals surface area contributed by atoms with Gasteiger partial charge in [0.15, 0.2) is 0 Å². The monoisotopic (exact) mass is 300 g/mol. The smallest absolute Gasteiger partial charge is 0.141 e. The highest BCUT2D eigenvalue weighted by Crippen LogP contribution is 2.27. The van der Waals surface area contributed by atoms with Crippen LogP contribution in [0.3, 0.4) is 0 Å². The number of hydrogen-bond donors (Lipinski definition) is 1. The van der Waals surface area contributed by atoms with Gasteiger partial charge in [-0.2, -0.15) is 0 Å². The summed E-state index contributed by atoms with van der Waals surface area (Å²) in [4.78, 5) is 4.31. The topological polar surface area (TPSA) is 24.9 Å².